The van der Waals surface area contributed by atoms with Crippen molar-refractivity contribution >= 4 is 0 Å². The third-order valence-corrected chi connectivity index (χ3v) is 2.42. The first kappa shape index (κ1) is 8.48. The van der Waals surface area contributed by atoms with Crippen LogP contribution in [0.3, 0.4) is 0 Å². The molecule has 1 aliphatic carbocycles. The maximum absolute atomic E-state index is 13.3. The zero-order valence-electron chi connectivity index (χ0n) is 7.31. The Morgan fingerprint density at radius 2 is 2.23 bits per heavy atom. The number of hydrogen-bond donors (Lipinski definition) is 0. The molecule has 0 heterocycles. The topological polar surface area (TPSA) is 9.23 Å². The van der Waals surface area contributed by atoms with Crippen LogP contribution in [0.15, 0.2) is 12.1 Å². The predicted molar refractivity (Wildman–Crippen MR) is 45.1 cm³/mol. The van der Waals surface area contributed by atoms with Crippen LogP contribution in [0, 0.1) is 5.82 Å². The SMILES string of the molecule is COc1c(F)ccc2c1C(F)CC2. The molecule has 0 saturated carbocycles. The van der Waals surface area contributed by atoms with Crippen LogP contribution in [0.4, 0.5) is 8.78 Å². The zero-order valence-corrected chi connectivity index (χ0v) is 7.31. The normalized spacial score (nSPS) is 20.1. The summed E-state index contributed by atoms with van der Waals surface area (Å²) in [5.41, 5.74) is 1.27. The molecule has 0 N–H and O–H groups in total. The zero-order chi connectivity index (χ0) is 9.42. The lowest BCUT2D eigenvalue weighted by Gasteiger charge is -2.09. The van der Waals surface area contributed by atoms with E-state index in [2.05, 4.69) is 0 Å². The van der Waals surface area contributed by atoms with Crippen LogP contribution in [-0.2, 0) is 6.42 Å². The van der Waals surface area contributed by atoms with Crippen LogP contribution in [-0.4, -0.2) is 7.11 Å². The highest BCUT2D eigenvalue weighted by molar-refractivity contribution is 5.45. The van der Waals surface area contributed by atoms with Gasteiger partial charge in [0, 0.05) is 5.56 Å². The molecule has 0 amide bonds. The standard InChI is InChI=1S/C10H10F2O/c1-13-10-8(12)5-3-6-2-4-7(11)9(6)10/h3,5,7H,2,4H2,1H3. The van der Waals surface area contributed by atoms with Gasteiger partial charge in [0.1, 0.15) is 6.17 Å². The first-order valence-electron chi connectivity index (χ1n) is 4.23. The minimum atomic E-state index is -1.07. The minimum absolute atomic E-state index is 0.0718. The second kappa shape index (κ2) is 2.98. The number of ether oxygens (including phenoxy) is 1. The summed E-state index contributed by atoms with van der Waals surface area (Å²) < 4.78 is 31.3. The van der Waals surface area contributed by atoms with Crippen LogP contribution in [0.1, 0.15) is 23.7 Å². The Morgan fingerprint density at radius 1 is 1.46 bits per heavy atom. The fourth-order valence-electron chi connectivity index (χ4n) is 1.81. The molecule has 1 atom stereocenters. The van der Waals surface area contributed by atoms with Gasteiger partial charge in [-0.05, 0) is 24.5 Å². The number of hydrogen-bond acceptors (Lipinski definition) is 1. The summed E-state index contributed by atoms with van der Waals surface area (Å²) in [5, 5.41) is 0. The Bertz CT molecular complexity index is 336. The quantitative estimate of drug-likeness (QED) is 0.652. The Kier molecular flexibility index (Phi) is 1.94. The number of fused-ring (bicyclic) bond motifs is 1. The summed E-state index contributed by atoms with van der Waals surface area (Å²) in [6, 6.07) is 2.96. The lowest BCUT2D eigenvalue weighted by Crippen LogP contribution is -1.96. The second-order valence-electron chi connectivity index (χ2n) is 3.16. The molecule has 0 spiro atoms. The molecular weight excluding hydrogens is 174 g/mol. The molecule has 1 aromatic rings. The Hall–Kier alpha value is -1.12. The van der Waals surface area contributed by atoms with Crippen molar-refractivity contribution in [3.63, 3.8) is 0 Å². The highest BCUT2D eigenvalue weighted by atomic mass is 19.1. The van der Waals surface area contributed by atoms with E-state index < -0.39 is 12.0 Å². The van der Waals surface area contributed by atoms with Gasteiger partial charge in [0.05, 0.1) is 7.11 Å². The van der Waals surface area contributed by atoms with Crippen molar-refractivity contribution in [1.29, 1.82) is 0 Å². The number of benzene rings is 1. The van der Waals surface area contributed by atoms with E-state index >= 15 is 0 Å². The molecule has 1 aromatic carbocycles. The Labute approximate surface area is 75.3 Å². The van der Waals surface area contributed by atoms with Crippen LogP contribution < -0.4 is 4.74 Å². The number of methoxy groups -OCH3 is 1. The summed E-state index contributed by atoms with van der Waals surface area (Å²) in [6.45, 7) is 0. The van der Waals surface area contributed by atoms with Crippen LogP contribution in [0.25, 0.3) is 0 Å². The van der Waals surface area contributed by atoms with Crippen molar-refractivity contribution in [1.82, 2.24) is 0 Å². The predicted octanol–water partition coefficient (Wildman–Crippen LogP) is 2.79. The van der Waals surface area contributed by atoms with E-state index in [9.17, 15) is 8.78 Å². The van der Waals surface area contributed by atoms with E-state index in [0.717, 1.165) is 5.56 Å². The molecule has 1 aliphatic rings. The molecule has 70 valence electrons. The summed E-state index contributed by atoms with van der Waals surface area (Å²) in [7, 11) is 1.36. The van der Waals surface area contributed by atoms with Crippen molar-refractivity contribution in [2.24, 2.45) is 0 Å². The largest absolute Gasteiger partial charge is 0.493 e. The molecule has 1 unspecified atom stereocenters. The van der Waals surface area contributed by atoms with Crippen LogP contribution in [0.5, 0.6) is 5.75 Å². The number of aryl methyl sites for hydroxylation is 1. The molecule has 3 heteroatoms. The molecular formula is C10H10F2O. The Balaban J connectivity index is 2.60. The molecule has 0 aliphatic heterocycles. The van der Waals surface area contributed by atoms with Crippen molar-refractivity contribution in [3.8, 4) is 5.75 Å². The van der Waals surface area contributed by atoms with Crippen molar-refractivity contribution in [2.45, 2.75) is 19.0 Å². The molecule has 0 radical (unpaired) electrons. The molecule has 0 fully saturated rings. The third kappa shape index (κ3) is 1.19. The van der Waals surface area contributed by atoms with Gasteiger partial charge in [0.25, 0.3) is 0 Å². The van der Waals surface area contributed by atoms with E-state index in [1.165, 1.54) is 13.2 Å². The number of halogens is 2. The average Bonchev–Trinajstić information content (AvgIpc) is 2.49. The lowest BCUT2D eigenvalue weighted by molar-refractivity contribution is 0.319. The molecule has 0 saturated heterocycles. The summed E-state index contributed by atoms with van der Waals surface area (Å²) >= 11 is 0. The van der Waals surface area contributed by atoms with Crippen molar-refractivity contribution in [3.05, 3.63) is 29.1 Å². The second-order valence-corrected chi connectivity index (χ2v) is 3.16. The van der Waals surface area contributed by atoms with Gasteiger partial charge in [0.15, 0.2) is 11.6 Å². The first-order valence-corrected chi connectivity index (χ1v) is 4.23. The minimum Gasteiger partial charge on any atom is -0.493 e. The van der Waals surface area contributed by atoms with Gasteiger partial charge in [-0.3, -0.25) is 0 Å². The molecule has 0 aromatic heterocycles. The number of alkyl halides is 1. The van der Waals surface area contributed by atoms with Gasteiger partial charge in [-0.2, -0.15) is 0 Å². The maximum Gasteiger partial charge on any atom is 0.165 e. The lowest BCUT2D eigenvalue weighted by atomic mass is 10.1. The monoisotopic (exact) mass is 184 g/mol. The van der Waals surface area contributed by atoms with Gasteiger partial charge in [-0.1, -0.05) is 6.07 Å². The van der Waals surface area contributed by atoms with Crippen molar-refractivity contribution < 1.29 is 13.5 Å². The van der Waals surface area contributed by atoms with Crippen LogP contribution >= 0.6 is 0 Å². The number of rotatable bonds is 1. The van der Waals surface area contributed by atoms with Gasteiger partial charge >= 0.3 is 0 Å². The fraction of sp³-hybridized carbons (Fsp3) is 0.400. The fourth-order valence-corrected chi connectivity index (χ4v) is 1.81. The molecule has 0 bridgehead atoms. The highest BCUT2D eigenvalue weighted by Gasteiger charge is 2.27. The molecule has 1 nitrogen and oxygen atoms in total. The van der Waals surface area contributed by atoms with Gasteiger partial charge in [-0.15, -0.1) is 0 Å². The summed E-state index contributed by atoms with van der Waals surface area (Å²) in [5.74, 6) is -0.409. The van der Waals surface area contributed by atoms with Crippen molar-refractivity contribution in [2.75, 3.05) is 7.11 Å². The van der Waals surface area contributed by atoms with Gasteiger partial charge < -0.3 is 4.74 Å². The summed E-state index contributed by atoms with van der Waals surface area (Å²) in [6.07, 6.45) is 0.0445. The van der Waals surface area contributed by atoms with E-state index in [0.29, 0.717) is 18.4 Å². The van der Waals surface area contributed by atoms with Crippen LogP contribution in [0.2, 0.25) is 0 Å². The average molecular weight is 184 g/mol. The Morgan fingerprint density at radius 3 is 2.92 bits per heavy atom. The smallest absolute Gasteiger partial charge is 0.165 e. The van der Waals surface area contributed by atoms with Gasteiger partial charge in [0.2, 0.25) is 0 Å². The van der Waals surface area contributed by atoms with E-state index in [1.807, 2.05) is 0 Å². The van der Waals surface area contributed by atoms with Gasteiger partial charge in [-0.25, -0.2) is 8.78 Å². The molecule has 13 heavy (non-hydrogen) atoms. The maximum atomic E-state index is 13.3. The van der Waals surface area contributed by atoms with E-state index in [4.69, 9.17) is 4.74 Å². The summed E-state index contributed by atoms with van der Waals surface area (Å²) in [4.78, 5) is 0. The van der Waals surface area contributed by atoms with E-state index in [-0.39, 0.29) is 5.75 Å². The van der Waals surface area contributed by atoms with E-state index in [1.54, 1.807) is 6.07 Å². The third-order valence-electron chi connectivity index (χ3n) is 2.42. The first-order chi connectivity index (χ1) is 6.24. The highest BCUT2D eigenvalue weighted by Crippen LogP contribution is 2.41. The molecule has 2 rings (SSSR count).